The van der Waals surface area contributed by atoms with Gasteiger partial charge in [0.25, 0.3) is 0 Å². The first-order valence-corrected chi connectivity index (χ1v) is 21.3. The van der Waals surface area contributed by atoms with Crippen LogP contribution in [0.4, 0.5) is 0 Å². The molecule has 0 aliphatic heterocycles. The van der Waals surface area contributed by atoms with Gasteiger partial charge in [-0.05, 0) is 54.6 Å². The van der Waals surface area contributed by atoms with Crippen LogP contribution in [0.25, 0.3) is 133 Å². The minimum Gasteiger partial charge on any atom is -0.456 e. The summed E-state index contributed by atoms with van der Waals surface area (Å²) in [5.41, 5.74) is 10.9. The van der Waals surface area contributed by atoms with Gasteiger partial charge in [-0.3, -0.25) is 4.57 Å². The highest BCUT2D eigenvalue weighted by molar-refractivity contribution is 6.18. The van der Waals surface area contributed by atoms with Gasteiger partial charge in [0.05, 0.1) is 34.0 Å². The second-order valence-electron chi connectivity index (χ2n) is 16.2. The van der Waals surface area contributed by atoms with Gasteiger partial charge in [0.2, 0.25) is 0 Å². The van der Waals surface area contributed by atoms with Crippen LogP contribution < -0.4 is 0 Å². The van der Waals surface area contributed by atoms with Crippen LogP contribution in [-0.2, 0) is 0 Å². The molecular weight excluding hydrogens is 789 g/mol. The van der Waals surface area contributed by atoms with Crippen LogP contribution in [0.3, 0.4) is 0 Å². The number of hydrogen-bond acceptors (Lipinski definition) is 6. The van der Waals surface area contributed by atoms with Crippen LogP contribution in [0.1, 0.15) is 0 Å². The average Bonchev–Trinajstić information content (AvgIpc) is 4.10. The van der Waals surface area contributed by atoms with Gasteiger partial charge in [-0.1, -0.05) is 133 Å². The van der Waals surface area contributed by atoms with Gasteiger partial charge in [0, 0.05) is 59.8 Å². The fourth-order valence-corrected chi connectivity index (χ4v) is 9.73. The lowest BCUT2D eigenvalue weighted by atomic mass is 10.1. The Labute approximate surface area is 363 Å². The number of furan rings is 2. The van der Waals surface area contributed by atoms with E-state index >= 15 is 0 Å². The summed E-state index contributed by atoms with van der Waals surface area (Å²) >= 11 is 0. The molecule has 0 aliphatic carbocycles. The maximum absolute atomic E-state index is 6.44. The molecule has 14 rings (SSSR count). The number of fused-ring (bicyclic) bond motifs is 12. The van der Waals surface area contributed by atoms with Crippen molar-refractivity contribution in [3.05, 3.63) is 194 Å². The summed E-state index contributed by atoms with van der Waals surface area (Å²) in [5, 5.41) is 8.56. The molecule has 8 aromatic carbocycles. The zero-order chi connectivity index (χ0) is 41.9. The number of benzene rings is 8. The molecular formula is C56H32N6O2. The SMILES string of the molecule is c1ccc(-c2nc(-c3ccccc3)nc(-c3cc(-n4c5ccccc5c5cc6oc7ccccc7c6cc54)ncc3-n3c4ccccc4c4cc5oc6ccccc6c5cc43)n2)cc1. The normalized spacial score (nSPS) is 12.1. The van der Waals surface area contributed by atoms with Gasteiger partial charge in [-0.25, -0.2) is 19.9 Å². The van der Waals surface area contributed by atoms with Crippen molar-refractivity contribution in [3.63, 3.8) is 0 Å². The molecule has 0 radical (unpaired) electrons. The second-order valence-corrected chi connectivity index (χ2v) is 16.2. The third kappa shape index (κ3) is 5.11. The van der Waals surface area contributed by atoms with Gasteiger partial charge in [0.15, 0.2) is 17.5 Å². The van der Waals surface area contributed by atoms with E-state index in [9.17, 15) is 0 Å². The maximum atomic E-state index is 6.44. The highest BCUT2D eigenvalue weighted by atomic mass is 16.3. The van der Waals surface area contributed by atoms with E-state index in [4.69, 9.17) is 28.8 Å². The van der Waals surface area contributed by atoms with E-state index in [1.54, 1.807) is 0 Å². The number of aromatic nitrogens is 6. The predicted molar refractivity (Wildman–Crippen MR) is 257 cm³/mol. The van der Waals surface area contributed by atoms with Crippen LogP contribution in [0.2, 0.25) is 0 Å². The summed E-state index contributed by atoms with van der Waals surface area (Å²) in [6, 6.07) is 64.6. The minimum atomic E-state index is 0.524. The summed E-state index contributed by atoms with van der Waals surface area (Å²) in [6.07, 6.45) is 1.98. The Hall–Kier alpha value is -8.88. The number of rotatable bonds is 5. The molecule has 6 aromatic heterocycles. The molecule has 298 valence electrons. The van der Waals surface area contributed by atoms with E-state index in [0.29, 0.717) is 17.5 Å². The molecule has 0 aliphatic rings. The number of hydrogen-bond donors (Lipinski definition) is 0. The van der Waals surface area contributed by atoms with E-state index in [-0.39, 0.29) is 0 Å². The monoisotopic (exact) mass is 820 g/mol. The summed E-state index contributed by atoms with van der Waals surface area (Å²) in [5.74, 6) is 2.41. The van der Waals surface area contributed by atoms with E-state index in [2.05, 4.69) is 112 Å². The van der Waals surface area contributed by atoms with Crippen molar-refractivity contribution >= 4 is 87.5 Å². The van der Waals surface area contributed by atoms with Gasteiger partial charge in [-0.15, -0.1) is 0 Å². The number of nitrogens with zero attached hydrogens (tertiary/aromatic N) is 6. The quantitative estimate of drug-likeness (QED) is 0.172. The molecule has 8 nitrogen and oxygen atoms in total. The molecule has 0 saturated carbocycles. The average molecular weight is 821 g/mol. The lowest BCUT2D eigenvalue weighted by molar-refractivity contribution is 0.669. The van der Waals surface area contributed by atoms with Crippen molar-refractivity contribution in [2.75, 3.05) is 0 Å². The van der Waals surface area contributed by atoms with Crippen molar-refractivity contribution in [1.82, 2.24) is 29.1 Å². The smallest absolute Gasteiger partial charge is 0.166 e. The maximum Gasteiger partial charge on any atom is 0.166 e. The molecule has 0 atom stereocenters. The van der Waals surface area contributed by atoms with Crippen molar-refractivity contribution in [2.24, 2.45) is 0 Å². The first kappa shape index (κ1) is 34.8. The molecule has 0 saturated heterocycles. The van der Waals surface area contributed by atoms with Crippen molar-refractivity contribution in [1.29, 1.82) is 0 Å². The van der Waals surface area contributed by atoms with Gasteiger partial charge >= 0.3 is 0 Å². The molecule has 0 fully saturated rings. The molecule has 0 N–H and O–H groups in total. The highest BCUT2D eigenvalue weighted by Gasteiger charge is 2.24. The lowest BCUT2D eigenvalue weighted by Gasteiger charge is -2.16. The van der Waals surface area contributed by atoms with Gasteiger partial charge in [0.1, 0.15) is 28.1 Å². The molecule has 14 aromatic rings. The molecule has 8 heteroatoms. The zero-order valence-corrected chi connectivity index (χ0v) is 34.0. The largest absolute Gasteiger partial charge is 0.456 e. The second kappa shape index (κ2) is 13.3. The first-order chi connectivity index (χ1) is 31.7. The molecule has 0 unspecified atom stereocenters. The Bertz CT molecular complexity index is 4140. The Morgan fingerprint density at radius 1 is 0.328 bits per heavy atom. The number of para-hydroxylation sites is 4. The van der Waals surface area contributed by atoms with Crippen LogP contribution in [-0.4, -0.2) is 29.1 Å². The van der Waals surface area contributed by atoms with Gasteiger partial charge in [-0.2, -0.15) is 0 Å². The fourth-order valence-electron chi connectivity index (χ4n) is 9.73. The molecule has 0 amide bonds. The lowest BCUT2D eigenvalue weighted by Crippen LogP contribution is -2.06. The Morgan fingerprint density at radius 3 is 1.34 bits per heavy atom. The summed E-state index contributed by atoms with van der Waals surface area (Å²) in [4.78, 5) is 21.1. The molecule has 64 heavy (non-hydrogen) atoms. The summed E-state index contributed by atoms with van der Waals surface area (Å²) in [6.45, 7) is 0. The van der Waals surface area contributed by atoms with Crippen LogP contribution in [0, 0.1) is 0 Å². The molecule has 0 spiro atoms. The van der Waals surface area contributed by atoms with Crippen molar-refractivity contribution in [2.45, 2.75) is 0 Å². The predicted octanol–water partition coefficient (Wildman–Crippen LogP) is 14.3. The Balaban J connectivity index is 1.11. The highest BCUT2D eigenvalue weighted by Crippen LogP contribution is 2.42. The van der Waals surface area contributed by atoms with Crippen LogP contribution >= 0.6 is 0 Å². The minimum absolute atomic E-state index is 0.524. The topological polar surface area (TPSA) is 87.7 Å². The van der Waals surface area contributed by atoms with E-state index in [1.165, 1.54) is 0 Å². The van der Waals surface area contributed by atoms with Gasteiger partial charge < -0.3 is 13.4 Å². The third-order valence-corrected chi connectivity index (χ3v) is 12.6. The summed E-state index contributed by atoms with van der Waals surface area (Å²) < 4.78 is 17.4. The number of pyridine rings is 1. The standard InChI is InChI=1S/C56H32N6O2/c1-3-15-33(16-4-1)54-58-55(34-17-5-2-6-18-34)60-56(59-54)43-31-53(62-45-24-12-8-20-36(45)40-30-52-42(28-47(40)62)38-22-10-14-26-50(38)64-52)57-32-48(43)61-44-23-11-7-19-35(44)39-29-51-41(27-46(39)61)37-21-9-13-25-49(37)63-51/h1-32H. The van der Waals surface area contributed by atoms with Crippen molar-refractivity contribution in [3.8, 4) is 45.7 Å². The van der Waals surface area contributed by atoms with E-state index in [0.717, 1.165) is 116 Å². The first-order valence-electron chi connectivity index (χ1n) is 21.3. The molecule has 0 bridgehead atoms. The van der Waals surface area contributed by atoms with Crippen LogP contribution in [0.5, 0.6) is 0 Å². The third-order valence-electron chi connectivity index (χ3n) is 12.6. The fraction of sp³-hybridized carbons (Fsp3) is 0. The molecule has 6 heterocycles. The Morgan fingerprint density at radius 2 is 0.781 bits per heavy atom. The van der Waals surface area contributed by atoms with Crippen LogP contribution in [0.15, 0.2) is 203 Å². The zero-order valence-electron chi connectivity index (χ0n) is 34.0. The van der Waals surface area contributed by atoms with E-state index < -0.39 is 0 Å². The van der Waals surface area contributed by atoms with Crippen molar-refractivity contribution < 1.29 is 8.83 Å². The Kier molecular flexibility index (Phi) is 7.23. The van der Waals surface area contributed by atoms with E-state index in [1.807, 2.05) is 91.1 Å². The summed E-state index contributed by atoms with van der Waals surface area (Å²) in [7, 11) is 0.